The standard InChI is InChI=1S/C6H12FNS/c1-5-3-6(2,7)4-8(5)9/h5,9H,3-4H2,1-2H3/t5?,6-/m1/s1. The minimum absolute atomic E-state index is 0.281. The van der Waals surface area contributed by atoms with Gasteiger partial charge in [-0.25, -0.2) is 8.70 Å². The second-order valence-electron chi connectivity index (χ2n) is 3.06. The van der Waals surface area contributed by atoms with Crippen molar-refractivity contribution in [2.45, 2.75) is 32.0 Å². The van der Waals surface area contributed by atoms with E-state index < -0.39 is 5.67 Å². The van der Waals surface area contributed by atoms with Gasteiger partial charge in [-0.15, -0.1) is 0 Å². The maximum Gasteiger partial charge on any atom is 0.123 e. The minimum Gasteiger partial charge on any atom is -0.247 e. The third-order valence-electron chi connectivity index (χ3n) is 1.72. The summed E-state index contributed by atoms with van der Waals surface area (Å²) in [5, 5.41) is 0. The first-order chi connectivity index (χ1) is 4.01. The quantitative estimate of drug-likeness (QED) is 0.513. The van der Waals surface area contributed by atoms with Crippen LogP contribution < -0.4 is 0 Å². The van der Waals surface area contributed by atoms with Crippen LogP contribution in [0.2, 0.25) is 0 Å². The lowest BCUT2D eigenvalue weighted by Crippen LogP contribution is -2.20. The van der Waals surface area contributed by atoms with Crippen molar-refractivity contribution in [3.63, 3.8) is 0 Å². The van der Waals surface area contributed by atoms with Crippen LogP contribution in [0.1, 0.15) is 20.3 Å². The van der Waals surface area contributed by atoms with Crippen LogP contribution in [0.3, 0.4) is 0 Å². The number of thiol groups is 1. The van der Waals surface area contributed by atoms with Gasteiger partial charge in [-0.05, 0) is 20.3 Å². The highest BCUT2D eigenvalue weighted by Crippen LogP contribution is 2.30. The summed E-state index contributed by atoms with van der Waals surface area (Å²) in [5.74, 6) is 0. The largest absolute Gasteiger partial charge is 0.247 e. The molecule has 0 amide bonds. The lowest BCUT2D eigenvalue weighted by atomic mass is 10.1. The second-order valence-corrected chi connectivity index (χ2v) is 3.58. The summed E-state index contributed by atoms with van der Waals surface area (Å²) in [6, 6.07) is 0.281. The molecule has 0 aromatic carbocycles. The van der Waals surface area contributed by atoms with Gasteiger partial charge in [0.2, 0.25) is 0 Å². The number of alkyl halides is 1. The summed E-state index contributed by atoms with van der Waals surface area (Å²) in [6.07, 6.45) is 0.608. The first-order valence-corrected chi connectivity index (χ1v) is 3.56. The molecule has 1 unspecified atom stereocenters. The fourth-order valence-electron chi connectivity index (χ4n) is 1.28. The Kier molecular flexibility index (Phi) is 1.74. The van der Waals surface area contributed by atoms with E-state index in [4.69, 9.17) is 0 Å². The molecule has 1 aliphatic heterocycles. The molecule has 0 N–H and O–H groups in total. The molecule has 0 aromatic rings. The molecule has 0 aromatic heterocycles. The summed E-state index contributed by atoms with van der Waals surface area (Å²) in [4.78, 5) is 0. The number of hydrogen-bond acceptors (Lipinski definition) is 2. The van der Waals surface area contributed by atoms with E-state index in [0.717, 1.165) is 0 Å². The normalized spacial score (nSPS) is 46.0. The van der Waals surface area contributed by atoms with E-state index in [9.17, 15) is 4.39 Å². The van der Waals surface area contributed by atoms with Crippen molar-refractivity contribution in [2.24, 2.45) is 0 Å². The van der Waals surface area contributed by atoms with Crippen molar-refractivity contribution in [3.05, 3.63) is 0 Å². The van der Waals surface area contributed by atoms with Gasteiger partial charge in [0.25, 0.3) is 0 Å². The van der Waals surface area contributed by atoms with E-state index in [1.807, 2.05) is 6.92 Å². The lowest BCUT2D eigenvalue weighted by molar-refractivity contribution is 0.209. The van der Waals surface area contributed by atoms with Crippen molar-refractivity contribution < 1.29 is 4.39 Å². The van der Waals surface area contributed by atoms with Gasteiger partial charge < -0.3 is 0 Å². The van der Waals surface area contributed by atoms with Crippen LogP contribution in [-0.4, -0.2) is 22.6 Å². The molecule has 1 saturated heterocycles. The molecule has 1 aliphatic rings. The number of nitrogens with zero attached hydrogens (tertiary/aromatic N) is 1. The first-order valence-electron chi connectivity index (χ1n) is 3.16. The van der Waals surface area contributed by atoms with Crippen LogP contribution in [0.5, 0.6) is 0 Å². The maximum atomic E-state index is 13.0. The van der Waals surface area contributed by atoms with Crippen LogP contribution in [0.15, 0.2) is 0 Å². The van der Waals surface area contributed by atoms with E-state index in [1.54, 1.807) is 11.2 Å². The maximum absolute atomic E-state index is 13.0. The molecular weight excluding hydrogens is 137 g/mol. The van der Waals surface area contributed by atoms with E-state index >= 15 is 0 Å². The Morgan fingerprint density at radius 3 is 2.44 bits per heavy atom. The molecule has 3 heteroatoms. The van der Waals surface area contributed by atoms with Crippen LogP contribution in [0, 0.1) is 0 Å². The van der Waals surface area contributed by atoms with Gasteiger partial charge in [-0.2, -0.15) is 0 Å². The molecule has 1 heterocycles. The first kappa shape index (κ1) is 7.35. The zero-order chi connectivity index (χ0) is 7.07. The molecule has 1 nitrogen and oxygen atoms in total. The molecule has 1 fully saturated rings. The number of rotatable bonds is 0. The number of halogens is 1. The van der Waals surface area contributed by atoms with Gasteiger partial charge >= 0.3 is 0 Å². The fourth-order valence-corrected chi connectivity index (χ4v) is 1.66. The van der Waals surface area contributed by atoms with Crippen LogP contribution in [-0.2, 0) is 0 Å². The van der Waals surface area contributed by atoms with Crippen molar-refractivity contribution in [2.75, 3.05) is 6.54 Å². The molecule has 0 saturated carbocycles. The summed E-state index contributed by atoms with van der Waals surface area (Å²) in [6.45, 7) is 4.06. The summed E-state index contributed by atoms with van der Waals surface area (Å²) in [5.41, 5.74) is -1.01. The Balaban J connectivity index is 2.54. The van der Waals surface area contributed by atoms with Crippen LogP contribution >= 0.6 is 12.8 Å². The third kappa shape index (κ3) is 1.58. The molecule has 0 bridgehead atoms. The van der Waals surface area contributed by atoms with Gasteiger partial charge in [0.1, 0.15) is 5.67 Å². The third-order valence-corrected chi connectivity index (χ3v) is 2.26. The van der Waals surface area contributed by atoms with Gasteiger partial charge in [0.05, 0.1) is 0 Å². The van der Waals surface area contributed by atoms with E-state index in [0.29, 0.717) is 13.0 Å². The predicted molar refractivity (Wildman–Crippen MR) is 39.3 cm³/mol. The molecule has 0 aliphatic carbocycles. The Labute approximate surface area is 60.8 Å². The summed E-state index contributed by atoms with van der Waals surface area (Å²) in [7, 11) is 0. The average Bonchev–Trinajstić information content (AvgIpc) is 1.79. The summed E-state index contributed by atoms with van der Waals surface area (Å²) >= 11 is 4.09. The average molecular weight is 149 g/mol. The highest BCUT2D eigenvalue weighted by Gasteiger charge is 2.37. The fraction of sp³-hybridized carbons (Fsp3) is 1.00. The Morgan fingerprint density at radius 1 is 1.78 bits per heavy atom. The highest BCUT2D eigenvalue weighted by atomic mass is 32.1. The minimum atomic E-state index is -1.01. The molecule has 0 spiro atoms. The predicted octanol–water partition coefficient (Wildman–Crippen LogP) is 1.65. The van der Waals surface area contributed by atoms with Gasteiger partial charge in [-0.3, -0.25) is 0 Å². The van der Waals surface area contributed by atoms with Crippen molar-refractivity contribution in [3.8, 4) is 0 Å². The zero-order valence-electron chi connectivity index (χ0n) is 5.76. The smallest absolute Gasteiger partial charge is 0.123 e. The summed E-state index contributed by atoms with van der Waals surface area (Å²) < 4.78 is 14.8. The molecular formula is C6H12FNS. The lowest BCUT2D eigenvalue weighted by Gasteiger charge is -2.11. The van der Waals surface area contributed by atoms with Gasteiger partial charge in [0, 0.05) is 12.6 Å². The number of hydrogen-bond donors (Lipinski definition) is 1. The zero-order valence-corrected chi connectivity index (χ0v) is 6.66. The topological polar surface area (TPSA) is 3.24 Å². The Bertz CT molecular complexity index is 104. The van der Waals surface area contributed by atoms with E-state index in [-0.39, 0.29) is 6.04 Å². The van der Waals surface area contributed by atoms with Gasteiger partial charge in [0.15, 0.2) is 0 Å². The Hall–Kier alpha value is 0.240. The van der Waals surface area contributed by atoms with Gasteiger partial charge in [-0.1, -0.05) is 12.8 Å². The van der Waals surface area contributed by atoms with Crippen LogP contribution in [0.25, 0.3) is 0 Å². The molecule has 9 heavy (non-hydrogen) atoms. The molecule has 0 radical (unpaired) electrons. The van der Waals surface area contributed by atoms with E-state index in [1.165, 1.54) is 0 Å². The Morgan fingerprint density at radius 2 is 2.33 bits per heavy atom. The SMILES string of the molecule is CC1C[C@@](C)(F)CN1S. The van der Waals surface area contributed by atoms with E-state index in [2.05, 4.69) is 12.8 Å². The van der Waals surface area contributed by atoms with Crippen molar-refractivity contribution >= 4 is 12.8 Å². The second kappa shape index (κ2) is 2.13. The van der Waals surface area contributed by atoms with Crippen LogP contribution in [0.4, 0.5) is 4.39 Å². The molecule has 2 atom stereocenters. The van der Waals surface area contributed by atoms with Crippen molar-refractivity contribution in [1.29, 1.82) is 0 Å². The molecule has 1 rings (SSSR count). The monoisotopic (exact) mass is 149 g/mol. The van der Waals surface area contributed by atoms with Crippen molar-refractivity contribution in [1.82, 2.24) is 4.31 Å². The molecule has 54 valence electrons. The highest BCUT2D eigenvalue weighted by molar-refractivity contribution is 7.77.